The molecule has 1 fully saturated rings. The summed E-state index contributed by atoms with van der Waals surface area (Å²) < 4.78 is 7.78. The van der Waals surface area contributed by atoms with Gasteiger partial charge in [0.15, 0.2) is 0 Å². The molecule has 0 radical (unpaired) electrons. The molecular weight excluding hydrogens is 320 g/mol. The lowest BCUT2D eigenvalue weighted by molar-refractivity contribution is -0.0330. The van der Waals surface area contributed by atoms with Crippen LogP contribution in [0.3, 0.4) is 0 Å². The Bertz CT molecular complexity index is 782. The van der Waals surface area contributed by atoms with Crippen LogP contribution in [0.2, 0.25) is 0 Å². The molecule has 0 spiro atoms. The summed E-state index contributed by atoms with van der Waals surface area (Å²) in [6.07, 6.45) is 3.85. The molecule has 2 aromatic heterocycles. The molecule has 1 saturated heterocycles. The maximum absolute atomic E-state index is 5.91. The van der Waals surface area contributed by atoms with E-state index in [1.165, 1.54) is 5.56 Å². The zero-order valence-electron chi connectivity index (χ0n) is 13.6. The lowest BCUT2D eigenvalue weighted by Crippen LogP contribution is -2.37. The molecule has 0 N–H and O–H groups in total. The van der Waals surface area contributed by atoms with E-state index in [9.17, 15) is 0 Å². The molecule has 1 aromatic carbocycles. The average molecular weight is 340 g/mol. The number of ether oxygens (including phenoxy) is 1. The Labute approximate surface area is 145 Å². The smallest absolute Gasteiger partial charge is 0.123 e. The Morgan fingerprint density at radius 3 is 2.88 bits per heavy atom. The predicted octanol–water partition coefficient (Wildman–Crippen LogP) is 3.21. The summed E-state index contributed by atoms with van der Waals surface area (Å²) in [7, 11) is 0. The van der Waals surface area contributed by atoms with Crippen molar-refractivity contribution in [2.75, 3.05) is 19.7 Å². The molecule has 1 aliphatic heterocycles. The number of morpholine rings is 1. The van der Waals surface area contributed by atoms with E-state index in [1.54, 1.807) is 17.5 Å². The first-order valence-corrected chi connectivity index (χ1v) is 9.01. The number of benzene rings is 1. The molecule has 0 aliphatic carbocycles. The van der Waals surface area contributed by atoms with Crippen molar-refractivity contribution in [2.24, 2.45) is 0 Å². The van der Waals surface area contributed by atoms with Gasteiger partial charge in [-0.3, -0.25) is 4.90 Å². The summed E-state index contributed by atoms with van der Waals surface area (Å²) in [5.74, 6) is 0. The molecule has 6 heteroatoms. The van der Waals surface area contributed by atoms with Gasteiger partial charge in [-0.25, -0.2) is 9.67 Å². The van der Waals surface area contributed by atoms with Crippen LogP contribution in [-0.4, -0.2) is 39.4 Å². The third-order valence-electron chi connectivity index (χ3n) is 4.17. The average Bonchev–Trinajstić information content (AvgIpc) is 3.28. The van der Waals surface area contributed by atoms with E-state index in [4.69, 9.17) is 4.74 Å². The number of rotatable bonds is 4. The van der Waals surface area contributed by atoms with Crippen LogP contribution in [0.15, 0.2) is 48.1 Å². The van der Waals surface area contributed by atoms with Crippen molar-refractivity contribution in [3.8, 4) is 5.69 Å². The quantitative estimate of drug-likeness (QED) is 0.731. The van der Waals surface area contributed by atoms with Gasteiger partial charge in [0.2, 0.25) is 0 Å². The van der Waals surface area contributed by atoms with Crippen molar-refractivity contribution in [1.82, 2.24) is 19.7 Å². The summed E-state index contributed by atoms with van der Waals surface area (Å²) in [5.41, 5.74) is 3.47. The lowest BCUT2D eigenvalue weighted by Gasteiger charge is -2.32. The Morgan fingerprint density at radius 1 is 1.29 bits per heavy atom. The minimum Gasteiger partial charge on any atom is -0.368 e. The number of aryl methyl sites for hydroxylation is 1. The molecule has 3 heterocycles. The maximum atomic E-state index is 5.91. The van der Waals surface area contributed by atoms with Gasteiger partial charge in [-0.05, 0) is 30.7 Å². The topological polar surface area (TPSA) is 43.2 Å². The van der Waals surface area contributed by atoms with E-state index < -0.39 is 0 Å². The molecular formula is C18H20N4OS. The highest BCUT2D eigenvalue weighted by molar-refractivity contribution is 7.09. The molecule has 0 amide bonds. The second kappa shape index (κ2) is 6.84. The van der Waals surface area contributed by atoms with Crippen LogP contribution < -0.4 is 0 Å². The summed E-state index contributed by atoms with van der Waals surface area (Å²) in [6, 6.07) is 10.5. The largest absolute Gasteiger partial charge is 0.368 e. The first-order chi connectivity index (χ1) is 11.8. The van der Waals surface area contributed by atoms with Gasteiger partial charge >= 0.3 is 0 Å². The first kappa shape index (κ1) is 15.5. The van der Waals surface area contributed by atoms with Gasteiger partial charge in [-0.2, -0.15) is 5.10 Å². The van der Waals surface area contributed by atoms with Crippen molar-refractivity contribution in [3.05, 3.63) is 64.4 Å². The molecule has 0 saturated carbocycles. The zero-order valence-corrected chi connectivity index (χ0v) is 14.4. The molecule has 0 bridgehead atoms. The van der Waals surface area contributed by atoms with Gasteiger partial charge in [-0.1, -0.05) is 12.1 Å². The van der Waals surface area contributed by atoms with Crippen LogP contribution >= 0.6 is 11.3 Å². The van der Waals surface area contributed by atoms with Crippen molar-refractivity contribution >= 4 is 11.3 Å². The van der Waals surface area contributed by atoms with Crippen molar-refractivity contribution in [1.29, 1.82) is 0 Å². The number of aromatic nitrogens is 3. The molecule has 24 heavy (non-hydrogen) atoms. The summed E-state index contributed by atoms with van der Waals surface area (Å²) in [6.45, 7) is 5.58. The van der Waals surface area contributed by atoms with E-state index in [2.05, 4.69) is 44.6 Å². The minimum atomic E-state index is 0.0980. The molecule has 1 atom stereocenters. The van der Waals surface area contributed by atoms with E-state index in [1.807, 2.05) is 23.9 Å². The first-order valence-electron chi connectivity index (χ1n) is 8.13. The molecule has 1 unspecified atom stereocenters. The summed E-state index contributed by atoms with van der Waals surface area (Å²) in [4.78, 5) is 7.01. The summed E-state index contributed by atoms with van der Waals surface area (Å²) in [5, 5.41) is 7.44. The number of hydrogen-bond donors (Lipinski definition) is 0. The highest BCUT2D eigenvalue weighted by atomic mass is 32.1. The van der Waals surface area contributed by atoms with E-state index in [0.29, 0.717) is 0 Å². The number of thiazole rings is 1. The highest BCUT2D eigenvalue weighted by Crippen LogP contribution is 2.26. The van der Waals surface area contributed by atoms with Gasteiger partial charge in [0.1, 0.15) is 11.1 Å². The van der Waals surface area contributed by atoms with Crippen molar-refractivity contribution in [3.63, 3.8) is 0 Å². The van der Waals surface area contributed by atoms with Crippen molar-refractivity contribution in [2.45, 2.75) is 19.6 Å². The molecule has 124 valence electrons. The third kappa shape index (κ3) is 3.40. The second-order valence-electron chi connectivity index (χ2n) is 6.04. The lowest BCUT2D eigenvalue weighted by atomic mass is 10.1. The van der Waals surface area contributed by atoms with Gasteiger partial charge in [0.05, 0.1) is 12.3 Å². The third-order valence-corrected chi connectivity index (χ3v) is 5.23. The molecule has 1 aliphatic rings. The Kier molecular flexibility index (Phi) is 4.42. The molecule has 4 rings (SSSR count). The monoisotopic (exact) mass is 340 g/mol. The van der Waals surface area contributed by atoms with Gasteiger partial charge in [-0.15, -0.1) is 11.3 Å². The standard InChI is InChI=1S/C18H20N4OS/c1-14-13-24-18(20-14)17-12-21(9-10-23-17)11-15-3-5-16(6-4-15)22-8-2-7-19-22/h2-8,13,17H,9-12H2,1H3. The minimum absolute atomic E-state index is 0.0980. The molecule has 3 aromatic rings. The normalized spacial score (nSPS) is 18.8. The van der Waals surface area contributed by atoms with Gasteiger partial charge in [0.25, 0.3) is 0 Å². The van der Waals surface area contributed by atoms with E-state index in [0.717, 1.165) is 42.6 Å². The van der Waals surface area contributed by atoms with E-state index >= 15 is 0 Å². The van der Waals surface area contributed by atoms with Crippen LogP contribution in [0.25, 0.3) is 5.69 Å². The fraction of sp³-hybridized carbons (Fsp3) is 0.333. The maximum Gasteiger partial charge on any atom is 0.123 e. The van der Waals surface area contributed by atoms with Crippen LogP contribution in [0.5, 0.6) is 0 Å². The fourth-order valence-electron chi connectivity index (χ4n) is 2.95. The highest BCUT2D eigenvalue weighted by Gasteiger charge is 2.24. The van der Waals surface area contributed by atoms with Crippen LogP contribution in [-0.2, 0) is 11.3 Å². The van der Waals surface area contributed by atoms with Gasteiger partial charge < -0.3 is 4.74 Å². The zero-order chi connectivity index (χ0) is 16.4. The summed E-state index contributed by atoms with van der Waals surface area (Å²) >= 11 is 1.69. The predicted molar refractivity (Wildman–Crippen MR) is 94.4 cm³/mol. The Morgan fingerprint density at radius 2 is 2.17 bits per heavy atom. The van der Waals surface area contributed by atoms with E-state index in [-0.39, 0.29) is 6.10 Å². The van der Waals surface area contributed by atoms with Crippen LogP contribution in [0, 0.1) is 6.92 Å². The Hall–Kier alpha value is -2.02. The number of nitrogens with zero attached hydrogens (tertiary/aromatic N) is 4. The Balaban J connectivity index is 1.41. The molecule has 5 nitrogen and oxygen atoms in total. The van der Waals surface area contributed by atoms with Crippen LogP contribution in [0.4, 0.5) is 0 Å². The van der Waals surface area contributed by atoms with Crippen LogP contribution in [0.1, 0.15) is 22.4 Å². The van der Waals surface area contributed by atoms with Crippen molar-refractivity contribution < 1.29 is 4.74 Å². The van der Waals surface area contributed by atoms with Gasteiger partial charge in [0, 0.05) is 43.1 Å². The SMILES string of the molecule is Cc1csc(C2CN(Cc3ccc(-n4cccn4)cc3)CCO2)n1. The second-order valence-corrected chi connectivity index (χ2v) is 6.93. The fourth-order valence-corrected chi connectivity index (χ4v) is 3.78. The number of hydrogen-bond acceptors (Lipinski definition) is 5.